The monoisotopic (exact) mass is 422 g/mol. The lowest BCUT2D eigenvalue weighted by molar-refractivity contribution is 0.115. The van der Waals surface area contributed by atoms with Crippen molar-refractivity contribution in [1.29, 1.82) is 0 Å². The van der Waals surface area contributed by atoms with Gasteiger partial charge in [-0.3, -0.25) is 0 Å². The molecule has 2 heterocycles. The van der Waals surface area contributed by atoms with Crippen LogP contribution in [-0.2, 0) is 4.74 Å². The maximum Gasteiger partial charge on any atom is 0.145 e. The third-order valence-electron chi connectivity index (χ3n) is 5.47. The van der Waals surface area contributed by atoms with Crippen molar-refractivity contribution in [3.8, 4) is 11.5 Å². The number of rotatable bonds is 8. The molecule has 31 heavy (non-hydrogen) atoms. The van der Waals surface area contributed by atoms with E-state index in [1.54, 1.807) is 13.4 Å². The Morgan fingerprint density at radius 1 is 1.10 bits per heavy atom. The fourth-order valence-corrected chi connectivity index (χ4v) is 3.79. The minimum Gasteiger partial charge on any atom is -0.491 e. The van der Waals surface area contributed by atoms with Crippen molar-refractivity contribution in [2.24, 2.45) is 0 Å². The van der Waals surface area contributed by atoms with Gasteiger partial charge in [0.1, 0.15) is 36.4 Å². The maximum atomic E-state index is 6.51. The summed E-state index contributed by atoms with van der Waals surface area (Å²) in [5.41, 5.74) is 2.94. The van der Waals surface area contributed by atoms with Gasteiger partial charge < -0.3 is 24.4 Å². The summed E-state index contributed by atoms with van der Waals surface area (Å²) in [6, 6.07) is 12.1. The lowest BCUT2D eigenvalue weighted by Gasteiger charge is -2.30. The zero-order chi connectivity index (χ0) is 21.6. The van der Waals surface area contributed by atoms with Crippen molar-refractivity contribution in [2.75, 3.05) is 45.8 Å². The van der Waals surface area contributed by atoms with Gasteiger partial charge in [0.2, 0.25) is 0 Å². The predicted molar refractivity (Wildman–Crippen MR) is 123 cm³/mol. The van der Waals surface area contributed by atoms with Gasteiger partial charge in [-0.15, -0.1) is 0 Å². The maximum absolute atomic E-state index is 6.51. The number of aryl methyl sites for hydroxylation is 1. The van der Waals surface area contributed by atoms with Crippen LogP contribution in [0.5, 0.6) is 11.5 Å². The largest absolute Gasteiger partial charge is 0.491 e. The summed E-state index contributed by atoms with van der Waals surface area (Å²) in [6.45, 7) is 5.11. The van der Waals surface area contributed by atoms with Crippen molar-refractivity contribution >= 4 is 22.4 Å². The van der Waals surface area contributed by atoms with E-state index in [-0.39, 0.29) is 6.10 Å². The molecule has 164 valence electrons. The second kappa shape index (κ2) is 9.94. The first-order valence-corrected chi connectivity index (χ1v) is 10.7. The minimum absolute atomic E-state index is 0.153. The first kappa shape index (κ1) is 21.3. The first-order valence-electron chi connectivity index (χ1n) is 10.7. The van der Waals surface area contributed by atoms with Gasteiger partial charge in [-0.2, -0.15) is 0 Å². The third kappa shape index (κ3) is 5.42. The van der Waals surface area contributed by atoms with E-state index in [2.05, 4.69) is 46.3 Å². The number of nitrogens with one attached hydrogen (secondary N) is 1. The van der Waals surface area contributed by atoms with E-state index in [9.17, 15) is 0 Å². The Balaban J connectivity index is 1.70. The summed E-state index contributed by atoms with van der Waals surface area (Å²) in [5, 5.41) is 4.31. The summed E-state index contributed by atoms with van der Waals surface area (Å²) in [6.07, 6.45) is 3.70. The average molecular weight is 423 g/mol. The van der Waals surface area contributed by atoms with Crippen LogP contribution in [0.2, 0.25) is 0 Å². The van der Waals surface area contributed by atoms with E-state index < -0.39 is 0 Å². The lowest BCUT2D eigenvalue weighted by atomic mass is 10.1. The van der Waals surface area contributed by atoms with Gasteiger partial charge in [0.25, 0.3) is 0 Å². The molecule has 1 N–H and O–H groups in total. The Morgan fingerprint density at radius 2 is 1.94 bits per heavy atom. The van der Waals surface area contributed by atoms with Crippen molar-refractivity contribution in [1.82, 2.24) is 14.9 Å². The van der Waals surface area contributed by atoms with Crippen LogP contribution < -0.4 is 14.8 Å². The summed E-state index contributed by atoms with van der Waals surface area (Å²) in [5.74, 6) is 2.19. The molecule has 7 heteroatoms. The number of aromatic nitrogens is 2. The second-order valence-corrected chi connectivity index (χ2v) is 7.99. The molecular weight excluding hydrogens is 392 g/mol. The van der Waals surface area contributed by atoms with Crippen molar-refractivity contribution < 1.29 is 14.2 Å². The summed E-state index contributed by atoms with van der Waals surface area (Å²) < 4.78 is 17.5. The highest BCUT2D eigenvalue weighted by atomic mass is 16.5. The molecule has 0 bridgehead atoms. The molecule has 0 amide bonds. The van der Waals surface area contributed by atoms with E-state index in [0.29, 0.717) is 19.0 Å². The van der Waals surface area contributed by atoms with E-state index in [1.807, 2.05) is 24.3 Å². The van der Waals surface area contributed by atoms with E-state index >= 15 is 0 Å². The van der Waals surface area contributed by atoms with Crippen LogP contribution in [0.4, 0.5) is 11.5 Å². The van der Waals surface area contributed by atoms with Gasteiger partial charge in [-0.25, -0.2) is 9.97 Å². The van der Waals surface area contributed by atoms with Crippen LogP contribution >= 0.6 is 0 Å². The normalized spacial score (nSPS) is 15.2. The zero-order valence-electron chi connectivity index (χ0n) is 18.4. The molecule has 1 saturated heterocycles. The van der Waals surface area contributed by atoms with Crippen molar-refractivity contribution in [3.05, 3.63) is 48.3 Å². The van der Waals surface area contributed by atoms with Crippen LogP contribution in [0.1, 0.15) is 18.4 Å². The molecule has 0 atom stereocenters. The molecule has 2 aromatic carbocycles. The van der Waals surface area contributed by atoms with Gasteiger partial charge >= 0.3 is 0 Å². The molecule has 0 radical (unpaired) electrons. The van der Waals surface area contributed by atoms with Gasteiger partial charge in [-0.05, 0) is 44.5 Å². The second-order valence-electron chi connectivity index (χ2n) is 7.99. The standard InChI is InChI=1S/C24H30N4O3/c1-17-5-4-6-18(13-17)27-24-23-21(25-16-26-24)14-20(30-12-11-29-3)15-22(23)31-19-7-9-28(2)10-8-19/h4-6,13-16,19H,7-12H2,1-3H3,(H,25,26,27). The van der Waals surface area contributed by atoms with E-state index in [0.717, 1.165) is 54.1 Å². The molecule has 0 aliphatic carbocycles. The highest BCUT2D eigenvalue weighted by Gasteiger charge is 2.21. The number of piperidine rings is 1. The number of anilines is 2. The predicted octanol–water partition coefficient (Wildman–Crippen LogP) is 4.18. The van der Waals surface area contributed by atoms with Crippen LogP contribution in [0, 0.1) is 6.92 Å². The Hall–Kier alpha value is -2.90. The number of methoxy groups -OCH3 is 1. The SMILES string of the molecule is COCCOc1cc(OC2CCN(C)CC2)c2c(Nc3cccc(C)c3)ncnc2c1. The molecule has 1 fully saturated rings. The molecule has 7 nitrogen and oxygen atoms in total. The summed E-state index contributed by atoms with van der Waals surface area (Å²) in [4.78, 5) is 11.4. The van der Waals surface area contributed by atoms with Crippen LogP contribution in [0.25, 0.3) is 10.9 Å². The Kier molecular flexibility index (Phi) is 6.84. The number of hydrogen-bond donors (Lipinski definition) is 1. The number of nitrogens with zero attached hydrogens (tertiary/aromatic N) is 3. The number of fused-ring (bicyclic) bond motifs is 1. The fraction of sp³-hybridized carbons (Fsp3) is 0.417. The van der Waals surface area contributed by atoms with Crippen LogP contribution in [-0.4, -0.2) is 61.4 Å². The lowest BCUT2D eigenvalue weighted by Crippen LogP contribution is -2.35. The quantitative estimate of drug-likeness (QED) is 0.546. The first-order chi connectivity index (χ1) is 15.1. The molecule has 0 spiro atoms. The third-order valence-corrected chi connectivity index (χ3v) is 5.47. The van der Waals surface area contributed by atoms with Crippen LogP contribution in [0.15, 0.2) is 42.7 Å². The van der Waals surface area contributed by atoms with Crippen molar-refractivity contribution in [3.63, 3.8) is 0 Å². The zero-order valence-corrected chi connectivity index (χ0v) is 18.4. The Bertz CT molecular complexity index is 1020. The van der Waals surface area contributed by atoms with Gasteiger partial charge in [-0.1, -0.05) is 12.1 Å². The molecule has 1 aliphatic rings. The Labute approximate surface area is 183 Å². The topological polar surface area (TPSA) is 68.7 Å². The highest BCUT2D eigenvalue weighted by Crippen LogP contribution is 2.37. The number of benzene rings is 2. The molecule has 1 aliphatic heterocycles. The molecule has 0 saturated carbocycles. The molecular formula is C24H30N4O3. The van der Waals surface area contributed by atoms with Crippen molar-refractivity contribution in [2.45, 2.75) is 25.9 Å². The van der Waals surface area contributed by atoms with Gasteiger partial charge in [0.05, 0.1) is 17.5 Å². The minimum atomic E-state index is 0.153. The smallest absolute Gasteiger partial charge is 0.145 e. The average Bonchev–Trinajstić information content (AvgIpc) is 2.76. The van der Waals surface area contributed by atoms with Gasteiger partial charge in [0.15, 0.2) is 0 Å². The number of ether oxygens (including phenoxy) is 3. The molecule has 1 aromatic heterocycles. The summed E-state index contributed by atoms with van der Waals surface area (Å²) in [7, 11) is 3.81. The van der Waals surface area contributed by atoms with E-state index in [4.69, 9.17) is 14.2 Å². The molecule has 0 unspecified atom stereocenters. The Morgan fingerprint density at radius 3 is 2.71 bits per heavy atom. The highest BCUT2D eigenvalue weighted by molar-refractivity contribution is 5.96. The summed E-state index contributed by atoms with van der Waals surface area (Å²) >= 11 is 0. The van der Waals surface area contributed by atoms with Crippen LogP contribution in [0.3, 0.4) is 0 Å². The number of likely N-dealkylation sites (tertiary alicyclic amines) is 1. The van der Waals surface area contributed by atoms with Gasteiger partial charge in [0, 0.05) is 38.0 Å². The molecule has 3 aromatic rings. The fourth-order valence-electron chi connectivity index (χ4n) is 3.79. The molecule has 4 rings (SSSR count). The van der Waals surface area contributed by atoms with E-state index in [1.165, 1.54) is 5.56 Å². The number of hydrogen-bond acceptors (Lipinski definition) is 7.